The van der Waals surface area contributed by atoms with Crippen molar-refractivity contribution >= 4 is 16.8 Å². The molecular formula is C20H20N2O2. The van der Waals surface area contributed by atoms with E-state index in [-0.39, 0.29) is 11.8 Å². The second kappa shape index (κ2) is 6.13. The summed E-state index contributed by atoms with van der Waals surface area (Å²) in [6, 6.07) is 17.7. The van der Waals surface area contributed by atoms with E-state index < -0.39 is 6.10 Å². The highest BCUT2D eigenvalue weighted by Crippen LogP contribution is 2.29. The molecule has 4 rings (SSSR count). The van der Waals surface area contributed by atoms with Crippen LogP contribution >= 0.6 is 0 Å². The van der Waals surface area contributed by atoms with Crippen molar-refractivity contribution in [1.29, 1.82) is 0 Å². The Morgan fingerprint density at radius 3 is 2.71 bits per heavy atom. The van der Waals surface area contributed by atoms with Gasteiger partial charge in [0.15, 0.2) is 0 Å². The number of piperidine rings is 1. The van der Waals surface area contributed by atoms with Crippen molar-refractivity contribution in [3.63, 3.8) is 0 Å². The maximum Gasteiger partial charge on any atom is 0.254 e. The van der Waals surface area contributed by atoms with Crippen molar-refractivity contribution < 1.29 is 9.90 Å². The lowest BCUT2D eigenvalue weighted by atomic mass is 9.87. The van der Waals surface area contributed by atoms with Crippen LogP contribution in [0.1, 0.15) is 28.3 Å². The maximum atomic E-state index is 12.9. The van der Waals surface area contributed by atoms with Crippen LogP contribution in [0.5, 0.6) is 0 Å². The van der Waals surface area contributed by atoms with Gasteiger partial charge in [0, 0.05) is 41.7 Å². The molecule has 0 saturated carbocycles. The summed E-state index contributed by atoms with van der Waals surface area (Å²) >= 11 is 0. The molecule has 1 aliphatic heterocycles. The van der Waals surface area contributed by atoms with Gasteiger partial charge in [-0.3, -0.25) is 4.79 Å². The number of aliphatic hydroxyl groups is 1. The van der Waals surface area contributed by atoms with Crippen LogP contribution in [0.4, 0.5) is 0 Å². The largest absolute Gasteiger partial charge is 0.391 e. The molecule has 0 bridgehead atoms. The Labute approximate surface area is 140 Å². The molecule has 1 aromatic heterocycles. The first-order valence-electron chi connectivity index (χ1n) is 8.32. The Hall–Kier alpha value is -2.59. The molecular weight excluding hydrogens is 300 g/mol. The van der Waals surface area contributed by atoms with Crippen LogP contribution in [0.15, 0.2) is 60.8 Å². The topological polar surface area (TPSA) is 56.3 Å². The average Bonchev–Trinajstić information content (AvgIpc) is 3.10. The standard InChI is InChI=1S/C20H20N2O2/c23-19-13-22(12-10-15(19)14-5-2-1-3-6-14)20(24)17-7-4-8-18-16(17)9-11-21-18/h1-9,11,15,19,21,23H,10,12-13H2/t15-,19-/m1/s1. The monoisotopic (exact) mass is 320 g/mol. The molecule has 1 saturated heterocycles. The zero-order chi connectivity index (χ0) is 16.5. The third-order valence-electron chi connectivity index (χ3n) is 4.92. The highest BCUT2D eigenvalue weighted by atomic mass is 16.3. The number of likely N-dealkylation sites (tertiary alicyclic amines) is 1. The molecule has 0 unspecified atom stereocenters. The summed E-state index contributed by atoms with van der Waals surface area (Å²) in [5.41, 5.74) is 2.80. The van der Waals surface area contributed by atoms with E-state index >= 15 is 0 Å². The molecule has 122 valence electrons. The number of H-pyrrole nitrogens is 1. The van der Waals surface area contributed by atoms with Crippen molar-refractivity contribution in [2.45, 2.75) is 18.4 Å². The average molecular weight is 320 g/mol. The smallest absolute Gasteiger partial charge is 0.254 e. The third kappa shape index (κ3) is 2.59. The molecule has 3 aromatic rings. The molecule has 0 spiro atoms. The van der Waals surface area contributed by atoms with Crippen LogP contribution in [0, 0.1) is 0 Å². The van der Waals surface area contributed by atoms with Crippen LogP contribution in [0.2, 0.25) is 0 Å². The Balaban J connectivity index is 1.55. The van der Waals surface area contributed by atoms with Crippen molar-refractivity contribution in [3.05, 3.63) is 71.9 Å². The molecule has 4 nitrogen and oxygen atoms in total. The van der Waals surface area contributed by atoms with E-state index in [9.17, 15) is 9.90 Å². The number of hydrogen-bond acceptors (Lipinski definition) is 2. The fraction of sp³-hybridized carbons (Fsp3) is 0.250. The van der Waals surface area contributed by atoms with Gasteiger partial charge in [-0.1, -0.05) is 36.4 Å². The number of carbonyl (C=O) groups excluding carboxylic acids is 1. The summed E-state index contributed by atoms with van der Waals surface area (Å²) in [6.45, 7) is 1.04. The summed E-state index contributed by atoms with van der Waals surface area (Å²) in [5.74, 6) is 0.0871. The van der Waals surface area contributed by atoms with E-state index in [2.05, 4.69) is 4.98 Å². The van der Waals surface area contributed by atoms with Gasteiger partial charge in [0.25, 0.3) is 5.91 Å². The van der Waals surface area contributed by atoms with Crippen LogP contribution in [-0.4, -0.2) is 40.1 Å². The highest BCUT2D eigenvalue weighted by molar-refractivity contribution is 6.06. The molecule has 0 aliphatic carbocycles. The lowest BCUT2D eigenvalue weighted by Gasteiger charge is -2.36. The molecule has 1 amide bonds. The Bertz CT molecular complexity index is 856. The number of aliphatic hydroxyl groups excluding tert-OH is 1. The van der Waals surface area contributed by atoms with E-state index in [0.717, 1.165) is 22.9 Å². The Morgan fingerprint density at radius 2 is 1.92 bits per heavy atom. The van der Waals surface area contributed by atoms with E-state index in [1.165, 1.54) is 0 Å². The van der Waals surface area contributed by atoms with Crippen LogP contribution in [0.25, 0.3) is 10.9 Å². The minimum absolute atomic E-state index is 0.00855. The first-order chi connectivity index (χ1) is 11.7. The molecule has 1 aliphatic rings. The number of nitrogens with zero attached hydrogens (tertiary/aromatic N) is 1. The number of β-amino-alcohol motifs (C(OH)–C–C–N with tert-alkyl or cyclic N) is 1. The summed E-state index contributed by atoms with van der Waals surface area (Å²) < 4.78 is 0. The van der Waals surface area contributed by atoms with Crippen LogP contribution < -0.4 is 0 Å². The van der Waals surface area contributed by atoms with Gasteiger partial charge in [-0.05, 0) is 30.2 Å². The van der Waals surface area contributed by atoms with Gasteiger partial charge >= 0.3 is 0 Å². The number of fused-ring (bicyclic) bond motifs is 1. The maximum absolute atomic E-state index is 12.9. The van der Waals surface area contributed by atoms with Crippen molar-refractivity contribution in [1.82, 2.24) is 9.88 Å². The summed E-state index contributed by atoms with van der Waals surface area (Å²) in [4.78, 5) is 17.8. The number of amides is 1. The molecule has 24 heavy (non-hydrogen) atoms. The number of hydrogen-bond donors (Lipinski definition) is 2. The molecule has 1 fully saturated rings. The fourth-order valence-corrected chi connectivity index (χ4v) is 3.65. The van der Waals surface area contributed by atoms with Gasteiger partial charge in [0.2, 0.25) is 0 Å². The zero-order valence-electron chi connectivity index (χ0n) is 13.4. The van der Waals surface area contributed by atoms with Gasteiger partial charge in [-0.15, -0.1) is 0 Å². The Morgan fingerprint density at radius 1 is 1.08 bits per heavy atom. The lowest BCUT2D eigenvalue weighted by molar-refractivity contribution is 0.0383. The number of rotatable bonds is 2. The minimum Gasteiger partial charge on any atom is -0.391 e. The highest BCUT2D eigenvalue weighted by Gasteiger charge is 2.31. The predicted octanol–water partition coefficient (Wildman–Crippen LogP) is 3.16. The quantitative estimate of drug-likeness (QED) is 0.762. The number of benzene rings is 2. The van der Waals surface area contributed by atoms with Crippen molar-refractivity contribution in [2.75, 3.05) is 13.1 Å². The van der Waals surface area contributed by atoms with Gasteiger partial charge in [0.1, 0.15) is 0 Å². The molecule has 2 aromatic carbocycles. The summed E-state index contributed by atoms with van der Waals surface area (Å²) in [5, 5.41) is 11.5. The van der Waals surface area contributed by atoms with E-state index in [4.69, 9.17) is 0 Å². The van der Waals surface area contributed by atoms with Crippen LogP contribution in [0.3, 0.4) is 0 Å². The molecule has 2 heterocycles. The second-order valence-corrected chi connectivity index (χ2v) is 6.37. The fourth-order valence-electron chi connectivity index (χ4n) is 3.65. The predicted molar refractivity (Wildman–Crippen MR) is 94.0 cm³/mol. The van der Waals surface area contributed by atoms with Gasteiger partial charge in [0.05, 0.1) is 6.10 Å². The lowest BCUT2D eigenvalue weighted by Crippen LogP contribution is -2.45. The molecule has 2 atom stereocenters. The van der Waals surface area contributed by atoms with Crippen molar-refractivity contribution in [2.24, 2.45) is 0 Å². The molecule has 0 radical (unpaired) electrons. The number of aromatic nitrogens is 1. The normalized spacial score (nSPS) is 21.1. The van der Waals surface area contributed by atoms with Crippen LogP contribution in [-0.2, 0) is 0 Å². The third-order valence-corrected chi connectivity index (χ3v) is 4.92. The SMILES string of the molecule is O=C(c1cccc2[nH]ccc12)N1CC[C@H](c2ccccc2)[C@H](O)C1. The minimum atomic E-state index is -0.532. The second-order valence-electron chi connectivity index (χ2n) is 6.37. The number of aromatic amines is 1. The van der Waals surface area contributed by atoms with E-state index in [1.54, 1.807) is 4.90 Å². The Kier molecular flexibility index (Phi) is 3.82. The summed E-state index contributed by atoms with van der Waals surface area (Å²) in [6.07, 6.45) is 2.09. The van der Waals surface area contributed by atoms with Gasteiger partial charge < -0.3 is 15.0 Å². The number of nitrogens with one attached hydrogen (secondary N) is 1. The van der Waals surface area contributed by atoms with E-state index in [0.29, 0.717) is 18.7 Å². The number of carbonyl (C=O) groups is 1. The molecule has 4 heteroatoms. The van der Waals surface area contributed by atoms with Gasteiger partial charge in [-0.2, -0.15) is 0 Å². The molecule has 2 N–H and O–H groups in total. The van der Waals surface area contributed by atoms with Crippen molar-refractivity contribution in [3.8, 4) is 0 Å². The first-order valence-corrected chi connectivity index (χ1v) is 8.32. The summed E-state index contributed by atoms with van der Waals surface area (Å²) in [7, 11) is 0. The van der Waals surface area contributed by atoms with Gasteiger partial charge in [-0.25, -0.2) is 0 Å². The first kappa shape index (κ1) is 15.0. The van der Waals surface area contributed by atoms with E-state index in [1.807, 2.05) is 60.8 Å². The zero-order valence-corrected chi connectivity index (χ0v) is 13.4.